The number of esters is 2. The summed E-state index contributed by atoms with van der Waals surface area (Å²) in [5.41, 5.74) is 7.21. The third-order valence-electron chi connectivity index (χ3n) is 5.78. The number of hydrogen-bond acceptors (Lipinski definition) is 4. The second kappa shape index (κ2) is 9.13. The van der Waals surface area contributed by atoms with E-state index in [4.69, 9.17) is 9.47 Å². The zero-order valence-corrected chi connectivity index (χ0v) is 18.0. The Hall–Kier alpha value is -4.18. The maximum atomic E-state index is 12.5. The fraction of sp³-hybridized carbons (Fsp3) is 0.103. The van der Waals surface area contributed by atoms with Gasteiger partial charge in [0.2, 0.25) is 0 Å². The summed E-state index contributed by atoms with van der Waals surface area (Å²) in [6.07, 6.45) is 0.657. The lowest BCUT2D eigenvalue weighted by molar-refractivity contribution is 0.0464. The van der Waals surface area contributed by atoms with Crippen LogP contribution < -0.4 is 0 Å². The van der Waals surface area contributed by atoms with E-state index in [1.54, 1.807) is 12.1 Å². The molecule has 0 unspecified atom stereocenters. The van der Waals surface area contributed by atoms with Gasteiger partial charge in [0.15, 0.2) is 0 Å². The van der Waals surface area contributed by atoms with Gasteiger partial charge in [-0.1, -0.05) is 72.8 Å². The van der Waals surface area contributed by atoms with Crippen molar-refractivity contribution in [2.75, 3.05) is 0 Å². The molecule has 1 aliphatic rings. The van der Waals surface area contributed by atoms with E-state index in [1.165, 1.54) is 0 Å². The Balaban J connectivity index is 1.26. The van der Waals surface area contributed by atoms with E-state index in [1.807, 2.05) is 84.9 Å². The summed E-state index contributed by atoms with van der Waals surface area (Å²) in [4.78, 5) is 25.1. The van der Waals surface area contributed by atoms with E-state index in [0.29, 0.717) is 17.5 Å². The second-order valence-electron chi connectivity index (χ2n) is 8.04. The van der Waals surface area contributed by atoms with E-state index in [2.05, 4.69) is 0 Å². The highest BCUT2D eigenvalue weighted by molar-refractivity contribution is 5.93. The van der Waals surface area contributed by atoms with Gasteiger partial charge >= 0.3 is 11.9 Å². The molecule has 4 nitrogen and oxygen atoms in total. The van der Waals surface area contributed by atoms with Crippen molar-refractivity contribution in [1.82, 2.24) is 0 Å². The largest absolute Gasteiger partial charge is 0.457 e. The number of carbonyl (C=O) groups is 2. The van der Waals surface area contributed by atoms with Crippen LogP contribution in [0.4, 0.5) is 0 Å². The van der Waals surface area contributed by atoms with E-state index in [-0.39, 0.29) is 25.2 Å². The number of benzene rings is 4. The van der Waals surface area contributed by atoms with Crippen LogP contribution in [0, 0.1) is 0 Å². The molecule has 0 atom stereocenters. The summed E-state index contributed by atoms with van der Waals surface area (Å²) in [5, 5.41) is 0. The number of hydrogen-bond donors (Lipinski definition) is 0. The van der Waals surface area contributed by atoms with Crippen molar-refractivity contribution in [2.24, 2.45) is 0 Å². The molecule has 0 aromatic heterocycles. The second-order valence-corrected chi connectivity index (χ2v) is 8.04. The van der Waals surface area contributed by atoms with Gasteiger partial charge in [-0.15, -0.1) is 0 Å². The summed E-state index contributed by atoms with van der Waals surface area (Å²) in [5.74, 6) is -0.689. The number of rotatable bonds is 6. The molecule has 4 aromatic rings. The fourth-order valence-electron chi connectivity index (χ4n) is 4.08. The molecule has 162 valence electrons. The zero-order valence-electron chi connectivity index (χ0n) is 18.0. The van der Waals surface area contributed by atoms with Crippen molar-refractivity contribution < 1.29 is 19.1 Å². The van der Waals surface area contributed by atoms with Crippen LogP contribution >= 0.6 is 0 Å². The van der Waals surface area contributed by atoms with Crippen molar-refractivity contribution in [2.45, 2.75) is 19.6 Å². The topological polar surface area (TPSA) is 52.6 Å². The third kappa shape index (κ3) is 4.55. The molecule has 4 aromatic carbocycles. The van der Waals surface area contributed by atoms with E-state index >= 15 is 0 Å². The normalized spacial score (nSPS) is 11.4. The Labute approximate surface area is 192 Å². The lowest BCUT2D eigenvalue weighted by Crippen LogP contribution is -2.05. The van der Waals surface area contributed by atoms with Crippen LogP contribution in [0.5, 0.6) is 0 Å². The first-order chi connectivity index (χ1) is 16.2. The third-order valence-corrected chi connectivity index (χ3v) is 5.78. The first-order valence-electron chi connectivity index (χ1n) is 10.9. The van der Waals surface area contributed by atoms with Crippen LogP contribution in [0.1, 0.15) is 43.0 Å². The highest BCUT2D eigenvalue weighted by Crippen LogP contribution is 2.37. The van der Waals surface area contributed by atoms with Crippen molar-refractivity contribution in [3.8, 4) is 11.1 Å². The van der Waals surface area contributed by atoms with Gasteiger partial charge in [-0.3, -0.25) is 0 Å². The molecule has 5 rings (SSSR count). The van der Waals surface area contributed by atoms with Gasteiger partial charge in [0.1, 0.15) is 13.2 Å². The standard InChI is InChI=1S/C29H22O4/c30-28(32-18-20-7-3-1-4-8-20)22-11-13-26-24(15-22)17-25-16-23(12-14-27(25)26)29(31)33-19-21-9-5-2-6-10-21/h1-16H,17-19H2. The minimum Gasteiger partial charge on any atom is -0.457 e. The Kier molecular flexibility index (Phi) is 5.73. The predicted molar refractivity (Wildman–Crippen MR) is 126 cm³/mol. The van der Waals surface area contributed by atoms with Crippen LogP contribution in [0.2, 0.25) is 0 Å². The number of fused-ring (bicyclic) bond motifs is 3. The lowest BCUT2D eigenvalue weighted by atomic mass is 10.0. The molecule has 33 heavy (non-hydrogen) atoms. The van der Waals surface area contributed by atoms with E-state index < -0.39 is 0 Å². The maximum absolute atomic E-state index is 12.5. The number of ether oxygens (including phenoxy) is 2. The van der Waals surface area contributed by atoms with Crippen molar-refractivity contribution >= 4 is 11.9 Å². The smallest absolute Gasteiger partial charge is 0.338 e. The van der Waals surface area contributed by atoms with Crippen molar-refractivity contribution in [1.29, 1.82) is 0 Å². The molecule has 0 saturated carbocycles. The van der Waals surface area contributed by atoms with Gasteiger partial charge in [-0.05, 0) is 64.1 Å². The molecule has 0 bridgehead atoms. The summed E-state index contributed by atoms with van der Waals surface area (Å²) < 4.78 is 10.9. The highest BCUT2D eigenvalue weighted by Gasteiger charge is 2.22. The first kappa shape index (κ1) is 20.7. The van der Waals surface area contributed by atoms with E-state index in [0.717, 1.165) is 33.4 Å². The van der Waals surface area contributed by atoms with Gasteiger partial charge in [0, 0.05) is 0 Å². The quantitative estimate of drug-likeness (QED) is 0.309. The molecular formula is C29H22O4. The van der Waals surface area contributed by atoms with Gasteiger partial charge < -0.3 is 9.47 Å². The van der Waals surface area contributed by atoms with Crippen molar-refractivity contribution in [3.63, 3.8) is 0 Å². The van der Waals surface area contributed by atoms with Crippen LogP contribution in [0.15, 0.2) is 97.1 Å². The fourth-order valence-corrected chi connectivity index (χ4v) is 4.08. The Morgan fingerprint density at radius 2 is 1.00 bits per heavy atom. The van der Waals surface area contributed by atoms with Crippen LogP contribution in [-0.4, -0.2) is 11.9 Å². The monoisotopic (exact) mass is 434 g/mol. The maximum Gasteiger partial charge on any atom is 0.338 e. The molecule has 1 aliphatic carbocycles. The van der Waals surface area contributed by atoms with Gasteiger partial charge in [-0.2, -0.15) is 0 Å². The molecule has 0 fully saturated rings. The molecule has 0 saturated heterocycles. The lowest BCUT2D eigenvalue weighted by Gasteiger charge is -2.07. The van der Waals surface area contributed by atoms with Crippen molar-refractivity contribution in [3.05, 3.63) is 130 Å². The zero-order chi connectivity index (χ0) is 22.6. The molecule has 0 aliphatic heterocycles. The molecule has 0 radical (unpaired) electrons. The van der Waals surface area contributed by atoms with Crippen LogP contribution in [-0.2, 0) is 29.1 Å². The molecule has 4 heteroatoms. The molecule has 0 N–H and O–H groups in total. The molecule has 0 amide bonds. The van der Waals surface area contributed by atoms with Gasteiger partial charge in [0.05, 0.1) is 11.1 Å². The Bertz CT molecular complexity index is 1210. The SMILES string of the molecule is O=C(OCc1ccccc1)c1ccc2c(c1)Cc1cc(C(=O)OCc3ccccc3)ccc1-2. The molecular weight excluding hydrogens is 412 g/mol. The summed E-state index contributed by atoms with van der Waals surface area (Å²) in [7, 11) is 0. The molecule has 0 spiro atoms. The van der Waals surface area contributed by atoms with Gasteiger partial charge in [0.25, 0.3) is 0 Å². The predicted octanol–water partition coefficient (Wildman–Crippen LogP) is 5.97. The van der Waals surface area contributed by atoms with Crippen LogP contribution in [0.25, 0.3) is 11.1 Å². The van der Waals surface area contributed by atoms with Gasteiger partial charge in [-0.25, -0.2) is 9.59 Å². The Morgan fingerprint density at radius 3 is 1.42 bits per heavy atom. The highest BCUT2D eigenvalue weighted by atomic mass is 16.5. The first-order valence-corrected chi connectivity index (χ1v) is 10.9. The summed E-state index contributed by atoms with van der Waals surface area (Å²) in [6.45, 7) is 0.483. The minimum absolute atomic E-state index is 0.242. The molecule has 0 heterocycles. The summed E-state index contributed by atoms with van der Waals surface area (Å²) in [6, 6.07) is 30.5. The average molecular weight is 434 g/mol. The minimum atomic E-state index is -0.345. The summed E-state index contributed by atoms with van der Waals surface area (Å²) >= 11 is 0. The average Bonchev–Trinajstić information content (AvgIpc) is 3.24. The van der Waals surface area contributed by atoms with E-state index in [9.17, 15) is 9.59 Å². The number of carbonyl (C=O) groups excluding carboxylic acids is 2. The Morgan fingerprint density at radius 1 is 0.576 bits per heavy atom. The van der Waals surface area contributed by atoms with Crippen LogP contribution in [0.3, 0.4) is 0 Å².